The van der Waals surface area contributed by atoms with Crippen molar-refractivity contribution in [1.82, 2.24) is 0 Å². The van der Waals surface area contributed by atoms with Gasteiger partial charge < -0.3 is 5.32 Å². The smallest absolute Gasteiger partial charge is 0.257 e. The second kappa shape index (κ2) is 6.02. The lowest BCUT2D eigenvalue weighted by Gasteiger charge is -2.09. The van der Waals surface area contributed by atoms with Gasteiger partial charge in [0.05, 0.1) is 10.6 Å². The van der Waals surface area contributed by atoms with Gasteiger partial charge in [-0.05, 0) is 24.3 Å². The molecule has 0 atom stereocenters. The van der Waals surface area contributed by atoms with E-state index >= 15 is 0 Å². The molecule has 0 fully saturated rings. The molecule has 0 aromatic heterocycles. The SMILES string of the molecule is CS(=O)(=O)c1c(F)cc(NC(=O)c2ccccc2Cl)cc1F. The van der Waals surface area contributed by atoms with Gasteiger partial charge in [0.2, 0.25) is 0 Å². The Balaban J connectivity index is 2.36. The molecule has 2 rings (SSSR count). The van der Waals surface area contributed by atoms with E-state index in [0.29, 0.717) is 6.26 Å². The van der Waals surface area contributed by atoms with Crippen molar-refractivity contribution in [3.05, 3.63) is 58.6 Å². The number of sulfone groups is 1. The Morgan fingerprint density at radius 1 is 1.14 bits per heavy atom. The van der Waals surface area contributed by atoms with E-state index in [1.807, 2.05) is 0 Å². The Kier molecular flexibility index (Phi) is 4.48. The van der Waals surface area contributed by atoms with E-state index in [1.165, 1.54) is 12.1 Å². The van der Waals surface area contributed by atoms with Gasteiger partial charge in [-0.25, -0.2) is 17.2 Å². The first-order chi connectivity index (χ1) is 10.2. The largest absolute Gasteiger partial charge is 0.322 e. The summed E-state index contributed by atoms with van der Waals surface area (Å²) < 4.78 is 50.1. The topological polar surface area (TPSA) is 63.2 Å². The van der Waals surface area contributed by atoms with Gasteiger partial charge >= 0.3 is 0 Å². The molecule has 0 radical (unpaired) electrons. The van der Waals surface area contributed by atoms with E-state index in [2.05, 4.69) is 5.32 Å². The van der Waals surface area contributed by atoms with Crippen molar-refractivity contribution >= 4 is 33.0 Å². The van der Waals surface area contributed by atoms with E-state index in [1.54, 1.807) is 12.1 Å². The van der Waals surface area contributed by atoms with Crippen molar-refractivity contribution in [2.75, 3.05) is 11.6 Å². The van der Waals surface area contributed by atoms with Crippen molar-refractivity contribution in [2.45, 2.75) is 4.90 Å². The molecule has 0 aliphatic carbocycles. The fourth-order valence-corrected chi connectivity index (χ4v) is 2.88. The van der Waals surface area contributed by atoms with Gasteiger partial charge in [-0.3, -0.25) is 4.79 Å². The van der Waals surface area contributed by atoms with Gasteiger partial charge in [0, 0.05) is 11.9 Å². The first-order valence-electron chi connectivity index (χ1n) is 5.95. The Hall–Kier alpha value is -1.99. The van der Waals surface area contributed by atoms with Crippen LogP contribution in [0, 0.1) is 11.6 Å². The fourth-order valence-electron chi connectivity index (χ4n) is 1.83. The quantitative estimate of drug-likeness (QED) is 0.928. The summed E-state index contributed by atoms with van der Waals surface area (Å²) in [7, 11) is -4.05. The maximum absolute atomic E-state index is 13.7. The third-order valence-corrected chi connectivity index (χ3v) is 4.21. The average Bonchev–Trinajstić information content (AvgIpc) is 2.36. The van der Waals surface area contributed by atoms with E-state index in [4.69, 9.17) is 11.6 Å². The van der Waals surface area contributed by atoms with Crippen molar-refractivity contribution in [3.63, 3.8) is 0 Å². The number of halogens is 3. The summed E-state index contributed by atoms with van der Waals surface area (Å²) in [6, 6.07) is 7.59. The van der Waals surface area contributed by atoms with Gasteiger partial charge in [0.15, 0.2) is 9.84 Å². The second-order valence-electron chi connectivity index (χ2n) is 4.48. The van der Waals surface area contributed by atoms with E-state index in [9.17, 15) is 22.0 Å². The van der Waals surface area contributed by atoms with Crippen molar-refractivity contribution in [3.8, 4) is 0 Å². The zero-order valence-electron chi connectivity index (χ0n) is 11.2. The summed E-state index contributed by atoms with van der Waals surface area (Å²) in [6.07, 6.45) is 0.691. The minimum absolute atomic E-state index is 0.122. The molecule has 0 saturated carbocycles. The van der Waals surface area contributed by atoms with Crippen LogP contribution >= 0.6 is 11.6 Å². The zero-order chi connectivity index (χ0) is 16.5. The number of carbonyl (C=O) groups excluding carboxylic acids is 1. The summed E-state index contributed by atoms with van der Waals surface area (Å²) in [6.45, 7) is 0. The first-order valence-corrected chi connectivity index (χ1v) is 8.22. The van der Waals surface area contributed by atoms with Gasteiger partial charge in [0.1, 0.15) is 16.5 Å². The average molecular weight is 346 g/mol. The third kappa shape index (κ3) is 3.42. The standard InChI is InChI=1S/C14H10ClF2NO3S/c1-22(20,21)13-11(16)6-8(7-12(13)17)18-14(19)9-4-2-3-5-10(9)15/h2-7H,1H3,(H,18,19). The van der Waals surface area contributed by atoms with Crippen molar-refractivity contribution < 1.29 is 22.0 Å². The van der Waals surface area contributed by atoms with Crippen LogP contribution in [0.1, 0.15) is 10.4 Å². The highest BCUT2D eigenvalue weighted by molar-refractivity contribution is 7.90. The highest BCUT2D eigenvalue weighted by Gasteiger charge is 2.21. The minimum Gasteiger partial charge on any atom is -0.322 e. The summed E-state index contributed by atoms with van der Waals surface area (Å²) in [5.74, 6) is -3.23. The number of anilines is 1. The molecule has 1 amide bonds. The highest BCUT2D eigenvalue weighted by Crippen LogP contribution is 2.24. The van der Waals surface area contributed by atoms with Crippen LogP contribution in [0.5, 0.6) is 0 Å². The maximum Gasteiger partial charge on any atom is 0.257 e. The van der Waals surface area contributed by atoms with Gasteiger partial charge in [-0.1, -0.05) is 23.7 Å². The van der Waals surface area contributed by atoms with Crippen LogP contribution < -0.4 is 5.32 Å². The summed E-state index contributed by atoms with van der Waals surface area (Å²) in [5.41, 5.74) is -0.0931. The monoisotopic (exact) mass is 345 g/mol. The molecule has 22 heavy (non-hydrogen) atoms. The zero-order valence-corrected chi connectivity index (χ0v) is 12.8. The molecule has 116 valence electrons. The van der Waals surface area contributed by atoms with Crippen LogP contribution in [-0.2, 0) is 9.84 Å². The number of hydrogen-bond acceptors (Lipinski definition) is 3. The van der Waals surface area contributed by atoms with Crippen LogP contribution in [-0.4, -0.2) is 20.6 Å². The molecule has 4 nitrogen and oxygen atoms in total. The lowest BCUT2D eigenvalue weighted by molar-refractivity contribution is 0.102. The van der Waals surface area contributed by atoms with Crippen LogP contribution in [0.2, 0.25) is 5.02 Å². The molecule has 0 unspecified atom stereocenters. The fraction of sp³-hybridized carbons (Fsp3) is 0.0714. The molecule has 2 aromatic carbocycles. The molecule has 0 bridgehead atoms. The van der Waals surface area contributed by atoms with Crippen LogP contribution in [0.3, 0.4) is 0 Å². The van der Waals surface area contributed by atoms with Crippen molar-refractivity contribution in [2.24, 2.45) is 0 Å². The molecule has 2 aromatic rings. The lowest BCUT2D eigenvalue weighted by atomic mass is 10.2. The molecule has 0 spiro atoms. The number of amides is 1. The van der Waals surface area contributed by atoms with Crippen LogP contribution in [0.4, 0.5) is 14.5 Å². The summed E-state index contributed by atoms with van der Waals surface area (Å²) >= 11 is 5.84. The Morgan fingerprint density at radius 2 is 1.68 bits per heavy atom. The predicted molar refractivity (Wildman–Crippen MR) is 78.9 cm³/mol. The maximum atomic E-state index is 13.7. The number of hydrogen-bond donors (Lipinski definition) is 1. The van der Waals surface area contributed by atoms with E-state index < -0.39 is 32.3 Å². The number of nitrogens with one attached hydrogen (secondary N) is 1. The Bertz CT molecular complexity index is 830. The van der Waals surface area contributed by atoms with E-state index in [-0.39, 0.29) is 16.3 Å². The van der Waals surface area contributed by atoms with Crippen LogP contribution in [0.25, 0.3) is 0 Å². The molecule has 8 heteroatoms. The molecular formula is C14H10ClF2NO3S. The van der Waals surface area contributed by atoms with Crippen LogP contribution in [0.15, 0.2) is 41.3 Å². The van der Waals surface area contributed by atoms with Gasteiger partial charge in [0.25, 0.3) is 5.91 Å². The summed E-state index contributed by atoms with van der Waals surface area (Å²) in [5, 5.41) is 2.44. The first kappa shape index (κ1) is 16.4. The Morgan fingerprint density at radius 3 is 2.18 bits per heavy atom. The molecule has 0 aliphatic rings. The molecule has 0 aliphatic heterocycles. The number of rotatable bonds is 3. The number of carbonyl (C=O) groups is 1. The molecule has 0 heterocycles. The Labute approximate surface area is 130 Å². The minimum atomic E-state index is -4.05. The normalized spacial score (nSPS) is 11.3. The predicted octanol–water partition coefficient (Wildman–Crippen LogP) is 3.27. The number of benzene rings is 2. The third-order valence-electron chi connectivity index (χ3n) is 2.75. The molecule has 0 saturated heterocycles. The highest BCUT2D eigenvalue weighted by atomic mass is 35.5. The molecule has 1 N–H and O–H groups in total. The molecular weight excluding hydrogens is 336 g/mol. The van der Waals surface area contributed by atoms with Gasteiger partial charge in [-0.15, -0.1) is 0 Å². The lowest BCUT2D eigenvalue weighted by Crippen LogP contribution is -2.14. The van der Waals surface area contributed by atoms with Crippen molar-refractivity contribution in [1.29, 1.82) is 0 Å². The second-order valence-corrected chi connectivity index (χ2v) is 6.83. The summed E-state index contributed by atoms with van der Waals surface area (Å²) in [4.78, 5) is 10.9. The van der Waals surface area contributed by atoms with Gasteiger partial charge in [-0.2, -0.15) is 0 Å². The van der Waals surface area contributed by atoms with E-state index in [0.717, 1.165) is 12.1 Å².